The van der Waals surface area contributed by atoms with Crippen LogP contribution in [0.5, 0.6) is 0 Å². The Morgan fingerprint density at radius 1 is 0.818 bits per heavy atom. The third-order valence-corrected chi connectivity index (χ3v) is 3.71. The van der Waals surface area contributed by atoms with Crippen molar-refractivity contribution in [1.82, 2.24) is 0 Å². The van der Waals surface area contributed by atoms with Crippen LogP contribution in [0.2, 0.25) is 0 Å². The van der Waals surface area contributed by atoms with Gasteiger partial charge in [0.2, 0.25) is 0 Å². The maximum absolute atomic E-state index is 11.4. The normalized spacial score (nSPS) is 10.9. The van der Waals surface area contributed by atoms with Gasteiger partial charge in [-0.05, 0) is 25.2 Å². The number of carboxylic acid groups (broad SMARTS) is 1. The fourth-order valence-electron chi connectivity index (χ4n) is 2.34. The summed E-state index contributed by atoms with van der Waals surface area (Å²) in [5.74, 6) is -0.109. The highest BCUT2D eigenvalue weighted by molar-refractivity contribution is 5.69. The van der Waals surface area contributed by atoms with Crippen molar-refractivity contribution in [2.75, 3.05) is 6.61 Å². The molecular weight excluding hydrogens is 280 g/mol. The van der Waals surface area contributed by atoms with E-state index >= 15 is 0 Å². The predicted molar refractivity (Wildman–Crippen MR) is 88.8 cm³/mol. The number of ether oxygens (including phenoxy) is 1. The summed E-state index contributed by atoms with van der Waals surface area (Å²) in [6.45, 7) is 5.06. The van der Waals surface area contributed by atoms with Gasteiger partial charge in [0.15, 0.2) is 0 Å². The van der Waals surface area contributed by atoms with Crippen LogP contribution in [0.25, 0.3) is 0 Å². The van der Waals surface area contributed by atoms with Gasteiger partial charge in [0.1, 0.15) is 0 Å². The molecular formula is C18H34O4. The SMILES string of the molecule is CC(C)CCCCCCCCOC(=O)CCCCCC(=O)O. The van der Waals surface area contributed by atoms with Gasteiger partial charge in [0, 0.05) is 12.8 Å². The molecule has 1 N–H and O–H groups in total. The van der Waals surface area contributed by atoms with Crippen molar-refractivity contribution in [3.05, 3.63) is 0 Å². The first-order valence-corrected chi connectivity index (χ1v) is 8.89. The van der Waals surface area contributed by atoms with Gasteiger partial charge in [-0.2, -0.15) is 0 Å². The predicted octanol–water partition coefficient (Wildman–Crippen LogP) is 4.95. The Balaban J connectivity index is 3.20. The monoisotopic (exact) mass is 314 g/mol. The fraction of sp³-hybridized carbons (Fsp3) is 0.889. The summed E-state index contributed by atoms with van der Waals surface area (Å²) in [5, 5.41) is 8.49. The minimum Gasteiger partial charge on any atom is -0.481 e. The average Bonchev–Trinajstić information content (AvgIpc) is 2.44. The van der Waals surface area contributed by atoms with E-state index in [1.54, 1.807) is 0 Å². The molecule has 0 spiro atoms. The highest BCUT2D eigenvalue weighted by Crippen LogP contribution is 2.11. The quantitative estimate of drug-likeness (QED) is 0.343. The first-order chi connectivity index (χ1) is 10.5. The van der Waals surface area contributed by atoms with Crippen molar-refractivity contribution in [3.8, 4) is 0 Å². The van der Waals surface area contributed by atoms with Crippen LogP contribution in [0.3, 0.4) is 0 Å². The second kappa shape index (κ2) is 14.9. The van der Waals surface area contributed by atoms with E-state index in [9.17, 15) is 9.59 Å². The standard InChI is InChI=1S/C18H34O4/c1-16(2)12-8-5-3-4-6-11-15-22-18(21)14-10-7-9-13-17(19)20/h16H,3-15H2,1-2H3,(H,19,20). The lowest BCUT2D eigenvalue weighted by Crippen LogP contribution is -2.05. The molecule has 0 amide bonds. The zero-order chi connectivity index (χ0) is 16.6. The second-order valence-corrected chi connectivity index (χ2v) is 6.48. The lowest BCUT2D eigenvalue weighted by Gasteiger charge is -2.06. The topological polar surface area (TPSA) is 63.6 Å². The molecule has 4 heteroatoms. The Morgan fingerprint density at radius 2 is 1.36 bits per heavy atom. The van der Waals surface area contributed by atoms with Gasteiger partial charge in [0.05, 0.1) is 6.61 Å². The molecule has 0 unspecified atom stereocenters. The Bertz CT molecular complexity index is 287. The third kappa shape index (κ3) is 17.0. The molecule has 0 saturated carbocycles. The van der Waals surface area contributed by atoms with E-state index in [1.165, 1.54) is 32.1 Å². The summed E-state index contributed by atoms with van der Waals surface area (Å²) in [4.78, 5) is 21.8. The van der Waals surface area contributed by atoms with Gasteiger partial charge >= 0.3 is 11.9 Å². The van der Waals surface area contributed by atoms with Gasteiger partial charge in [-0.15, -0.1) is 0 Å². The zero-order valence-corrected chi connectivity index (χ0v) is 14.4. The smallest absolute Gasteiger partial charge is 0.305 e. The van der Waals surface area contributed by atoms with Crippen LogP contribution in [0.15, 0.2) is 0 Å². The maximum atomic E-state index is 11.4. The van der Waals surface area contributed by atoms with Crippen molar-refractivity contribution in [1.29, 1.82) is 0 Å². The summed E-state index contributed by atoms with van der Waals surface area (Å²) in [5.41, 5.74) is 0. The molecule has 0 saturated heterocycles. The highest BCUT2D eigenvalue weighted by atomic mass is 16.5. The third-order valence-electron chi connectivity index (χ3n) is 3.71. The molecule has 0 aliphatic heterocycles. The molecule has 0 aliphatic carbocycles. The Kier molecular flexibility index (Phi) is 14.1. The lowest BCUT2D eigenvalue weighted by molar-refractivity contribution is -0.143. The fourth-order valence-corrected chi connectivity index (χ4v) is 2.34. The van der Waals surface area contributed by atoms with Crippen LogP contribution < -0.4 is 0 Å². The Labute approximate surface area is 135 Å². The number of carboxylic acids is 1. The van der Waals surface area contributed by atoms with Crippen molar-refractivity contribution in [2.24, 2.45) is 5.92 Å². The van der Waals surface area contributed by atoms with Crippen LogP contribution in [-0.2, 0) is 14.3 Å². The first kappa shape index (κ1) is 20.9. The Morgan fingerprint density at radius 3 is 2.00 bits per heavy atom. The molecule has 0 aromatic heterocycles. The van der Waals surface area contributed by atoms with Crippen LogP contribution in [-0.4, -0.2) is 23.7 Å². The number of hydrogen-bond acceptors (Lipinski definition) is 3. The minimum absolute atomic E-state index is 0.146. The molecule has 0 fully saturated rings. The first-order valence-electron chi connectivity index (χ1n) is 8.89. The molecule has 0 aromatic carbocycles. The van der Waals surface area contributed by atoms with E-state index in [-0.39, 0.29) is 12.4 Å². The Hall–Kier alpha value is -1.06. The largest absolute Gasteiger partial charge is 0.481 e. The summed E-state index contributed by atoms with van der Waals surface area (Å²) < 4.78 is 5.17. The molecule has 130 valence electrons. The molecule has 0 aliphatic rings. The molecule has 0 aromatic rings. The molecule has 0 atom stereocenters. The molecule has 22 heavy (non-hydrogen) atoms. The summed E-state index contributed by atoms with van der Waals surface area (Å²) in [6.07, 6.45) is 11.3. The van der Waals surface area contributed by atoms with Crippen LogP contribution >= 0.6 is 0 Å². The molecule has 0 radical (unpaired) electrons. The maximum Gasteiger partial charge on any atom is 0.305 e. The van der Waals surface area contributed by atoms with E-state index in [2.05, 4.69) is 13.8 Å². The zero-order valence-electron chi connectivity index (χ0n) is 14.4. The van der Waals surface area contributed by atoms with Crippen molar-refractivity contribution in [3.63, 3.8) is 0 Å². The van der Waals surface area contributed by atoms with Gasteiger partial charge in [-0.3, -0.25) is 9.59 Å². The van der Waals surface area contributed by atoms with E-state index in [0.717, 1.165) is 31.6 Å². The average molecular weight is 314 g/mol. The number of aliphatic carboxylic acids is 1. The van der Waals surface area contributed by atoms with E-state index in [1.807, 2.05) is 0 Å². The summed E-state index contributed by atoms with van der Waals surface area (Å²) >= 11 is 0. The van der Waals surface area contributed by atoms with E-state index < -0.39 is 5.97 Å². The number of carbonyl (C=O) groups excluding carboxylic acids is 1. The van der Waals surface area contributed by atoms with E-state index in [4.69, 9.17) is 9.84 Å². The van der Waals surface area contributed by atoms with Crippen LogP contribution in [0.1, 0.15) is 90.9 Å². The van der Waals surface area contributed by atoms with Gasteiger partial charge in [-0.1, -0.05) is 58.8 Å². The van der Waals surface area contributed by atoms with Gasteiger partial charge < -0.3 is 9.84 Å². The van der Waals surface area contributed by atoms with Gasteiger partial charge in [-0.25, -0.2) is 0 Å². The van der Waals surface area contributed by atoms with Crippen LogP contribution in [0, 0.1) is 5.92 Å². The number of unbranched alkanes of at least 4 members (excludes halogenated alkanes) is 7. The van der Waals surface area contributed by atoms with E-state index in [0.29, 0.717) is 19.4 Å². The van der Waals surface area contributed by atoms with Gasteiger partial charge in [0.25, 0.3) is 0 Å². The molecule has 0 bridgehead atoms. The molecule has 4 nitrogen and oxygen atoms in total. The van der Waals surface area contributed by atoms with Crippen molar-refractivity contribution >= 4 is 11.9 Å². The molecule has 0 rings (SSSR count). The number of hydrogen-bond donors (Lipinski definition) is 1. The lowest BCUT2D eigenvalue weighted by atomic mass is 10.0. The number of carbonyl (C=O) groups is 2. The van der Waals surface area contributed by atoms with Crippen LogP contribution in [0.4, 0.5) is 0 Å². The number of esters is 1. The number of rotatable bonds is 15. The van der Waals surface area contributed by atoms with Crippen molar-refractivity contribution in [2.45, 2.75) is 90.9 Å². The minimum atomic E-state index is -0.771. The van der Waals surface area contributed by atoms with Crippen molar-refractivity contribution < 1.29 is 19.4 Å². The highest BCUT2D eigenvalue weighted by Gasteiger charge is 2.03. The summed E-state index contributed by atoms with van der Waals surface area (Å²) in [6, 6.07) is 0. The second-order valence-electron chi connectivity index (χ2n) is 6.48. The molecule has 0 heterocycles. The summed E-state index contributed by atoms with van der Waals surface area (Å²) in [7, 11) is 0.